The van der Waals surface area contributed by atoms with E-state index in [1.54, 1.807) is 0 Å². The Bertz CT molecular complexity index is 417. The molecule has 2 nitrogen and oxygen atoms in total. The molecule has 1 aromatic carbocycles. The number of carbonyl (C=O) groups is 1. The molecule has 1 aliphatic carbocycles. The molecule has 0 saturated carbocycles. The molecule has 0 heterocycles. The first kappa shape index (κ1) is 10.9. The minimum atomic E-state index is 0.151. The van der Waals surface area contributed by atoms with Gasteiger partial charge in [-0.3, -0.25) is 4.79 Å². The number of rotatable bonds is 2. The lowest BCUT2D eigenvalue weighted by atomic mass is 9.92. The van der Waals surface area contributed by atoms with Gasteiger partial charge >= 0.3 is 0 Å². The summed E-state index contributed by atoms with van der Waals surface area (Å²) in [6.07, 6.45) is 3.96. The zero-order chi connectivity index (χ0) is 11.5. The molecule has 1 aliphatic rings. The molecule has 0 fully saturated rings. The maximum atomic E-state index is 11.9. The van der Waals surface area contributed by atoms with Gasteiger partial charge in [-0.05, 0) is 31.9 Å². The maximum Gasteiger partial charge on any atom is 0.181 e. The summed E-state index contributed by atoms with van der Waals surface area (Å²) in [6.45, 7) is 4.04. The number of anilines is 1. The van der Waals surface area contributed by atoms with Crippen LogP contribution in [0.15, 0.2) is 36.0 Å². The van der Waals surface area contributed by atoms with E-state index in [9.17, 15) is 4.79 Å². The van der Waals surface area contributed by atoms with Crippen LogP contribution >= 0.6 is 0 Å². The van der Waals surface area contributed by atoms with Crippen molar-refractivity contribution in [2.75, 3.05) is 5.32 Å². The fourth-order valence-corrected chi connectivity index (χ4v) is 1.88. The number of carbonyl (C=O) groups excluding carboxylic acids is 1. The number of allylic oxidation sites excluding steroid dienone is 2. The second-order valence-electron chi connectivity index (χ2n) is 4.45. The molecule has 0 aliphatic heterocycles. The molecule has 84 valence electrons. The summed E-state index contributed by atoms with van der Waals surface area (Å²) in [5, 5.41) is 3.20. The van der Waals surface area contributed by atoms with Crippen LogP contribution in [0.3, 0.4) is 0 Å². The van der Waals surface area contributed by atoms with Crippen molar-refractivity contribution in [2.24, 2.45) is 5.92 Å². The van der Waals surface area contributed by atoms with Crippen molar-refractivity contribution in [1.82, 2.24) is 0 Å². The molecule has 1 N–H and O–H groups in total. The van der Waals surface area contributed by atoms with Crippen LogP contribution in [0, 0.1) is 12.8 Å². The Morgan fingerprint density at radius 2 is 1.94 bits per heavy atom. The van der Waals surface area contributed by atoms with E-state index in [0.29, 0.717) is 0 Å². The third kappa shape index (κ3) is 2.32. The molecule has 1 atom stereocenters. The molecule has 0 saturated heterocycles. The highest BCUT2D eigenvalue weighted by Gasteiger charge is 2.20. The van der Waals surface area contributed by atoms with Gasteiger partial charge < -0.3 is 5.32 Å². The van der Waals surface area contributed by atoms with E-state index in [4.69, 9.17) is 0 Å². The highest BCUT2D eigenvalue weighted by Crippen LogP contribution is 2.21. The Balaban J connectivity index is 2.12. The van der Waals surface area contributed by atoms with E-state index in [1.807, 2.05) is 37.3 Å². The highest BCUT2D eigenvalue weighted by molar-refractivity contribution is 6.00. The first-order chi connectivity index (χ1) is 7.66. The van der Waals surface area contributed by atoms with E-state index >= 15 is 0 Å². The Morgan fingerprint density at radius 3 is 2.62 bits per heavy atom. The molecule has 1 aromatic rings. The number of hydrogen-bond donors (Lipinski definition) is 1. The van der Waals surface area contributed by atoms with Crippen molar-refractivity contribution in [3.8, 4) is 0 Å². The predicted molar refractivity (Wildman–Crippen MR) is 66.3 cm³/mol. The van der Waals surface area contributed by atoms with Crippen LogP contribution in [-0.4, -0.2) is 5.78 Å². The number of benzene rings is 1. The Hall–Kier alpha value is -1.57. The zero-order valence-electron chi connectivity index (χ0n) is 9.79. The molecular weight excluding hydrogens is 198 g/mol. The van der Waals surface area contributed by atoms with Crippen molar-refractivity contribution in [3.63, 3.8) is 0 Å². The smallest absolute Gasteiger partial charge is 0.181 e. The fourth-order valence-electron chi connectivity index (χ4n) is 1.88. The summed E-state index contributed by atoms with van der Waals surface area (Å²) in [6, 6.07) is 8.09. The van der Waals surface area contributed by atoms with Gasteiger partial charge in [0.05, 0.1) is 5.70 Å². The minimum Gasteiger partial charge on any atom is -0.353 e. The molecule has 0 radical (unpaired) electrons. The maximum absolute atomic E-state index is 11.9. The second-order valence-corrected chi connectivity index (χ2v) is 4.45. The van der Waals surface area contributed by atoms with Crippen molar-refractivity contribution >= 4 is 11.5 Å². The van der Waals surface area contributed by atoms with Gasteiger partial charge in [-0.15, -0.1) is 0 Å². The van der Waals surface area contributed by atoms with Crippen LogP contribution in [0.2, 0.25) is 0 Å². The van der Waals surface area contributed by atoms with Crippen LogP contribution in [-0.2, 0) is 4.79 Å². The SMILES string of the molecule is Cc1ccc(NC2=CCCC(C)C2=O)cc1. The quantitative estimate of drug-likeness (QED) is 0.820. The van der Waals surface area contributed by atoms with Gasteiger partial charge in [0.1, 0.15) is 0 Å². The average Bonchev–Trinajstić information content (AvgIpc) is 2.28. The molecule has 0 bridgehead atoms. The van der Waals surface area contributed by atoms with Gasteiger partial charge in [0.2, 0.25) is 0 Å². The Morgan fingerprint density at radius 1 is 1.25 bits per heavy atom. The predicted octanol–water partition coefficient (Wildman–Crippen LogP) is 3.29. The zero-order valence-corrected chi connectivity index (χ0v) is 9.79. The standard InChI is InChI=1S/C14H17NO/c1-10-6-8-12(9-7-10)15-13-5-3-4-11(2)14(13)16/h5-9,11,15H,3-4H2,1-2H3. The van der Waals surface area contributed by atoms with Gasteiger partial charge in [-0.25, -0.2) is 0 Å². The van der Waals surface area contributed by atoms with Gasteiger partial charge in [0.25, 0.3) is 0 Å². The van der Waals surface area contributed by atoms with Crippen molar-refractivity contribution in [2.45, 2.75) is 26.7 Å². The molecule has 16 heavy (non-hydrogen) atoms. The third-order valence-corrected chi connectivity index (χ3v) is 2.99. The van der Waals surface area contributed by atoms with Gasteiger partial charge in [-0.1, -0.05) is 30.7 Å². The van der Waals surface area contributed by atoms with E-state index in [-0.39, 0.29) is 11.7 Å². The number of aryl methyl sites for hydroxylation is 1. The molecule has 0 aromatic heterocycles. The summed E-state index contributed by atoms with van der Waals surface area (Å²) in [5.41, 5.74) is 2.96. The molecule has 2 heteroatoms. The van der Waals surface area contributed by atoms with E-state index in [1.165, 1.54) is 5.56 Å². The fraction of sp³-hybridized carbons (Fsp3) is 0.357. The monoisotopic (exact) mass is 215 g/mol. The summed E-state index contributed by atoms with van der Waals surface area (Å²) in [4.78, 5) is 11.9. The topological polar surface area (TPSA) is 29.1 Å². The number of nitrogens with one attached hydrogen (secondary N) is 1. The molecule has 0 amide bonds. The highest BCUT2D eigenvalue weighted by atomic mass is 16.1. The number of hydrogen-bond acceptors (Lipinski definition) is 2. The molecule has 1 unspecified atom stereocenters. The van der Waals surface area contributed by atoms with Crippen LogP contribution in [0.25, 0.3) is 0 Å². The summed E-state index contributed by atoms with van der Waals surface area (Å²) in [7, 11) is 0. The lowest BCUT2D eigenvalue weighted by Crippen LogP contribution is -2.22. The first-order valence-corrected chi connectivity index (χ1v) is 5.75. The van der Waals surface area contributed by atoms with Gasteiger partial charge in [-0.2, -0.15) is 0 Å². The number of ketones is 1. The Kier molecular flexibility index (Phi) is 3.09. The van der Waals surface area contributed by atoms with Crippen LogP contribution in [0.4, 0.5) is 5.69 Å². The minimum absolute atomic E-state index is 0.151. The van der Waals surface area contributed by atoms with Crippen molar-refractivity contribution < 1.29 is 4.79 Å². The largest absolute Gasteiger partial charge is 0.353 e. The first-order valence-electron chi connectivity index (χ1n) is 5.75. The van der Waals surface area contributed by atoms with E-state index < -0.39 is 0 Å². The van der Waals surface area contributed by atoms with Crippen molar-refractivity contribution in [3.05, 3.63) is 41.6 Å². The van der Waals surface area contributed by atoms with E-state index in [0.717, 1.165) is 24.2 Å². The van der Waals surface area contributed by atoms with Gasteiger partial charge in [0, 0.05) is 11.6 Å². The van der Waals surface area contributed by atoms with Gasteiger partial charge in [0.15, 0.2) is 5.78 Å². The van der Waals surface area contributed by atoms with Crippen molar-refractivity contribution in [1.29, 1.82) is 0 Å². The lowest BCUT2D eigenvalue weighted by Gasteiger charge is -2.19. The van der Waals surface area contributed by atoms with Crippen LogP contribution in [0.1, 0.15) is 25.3 Å². The van der Waals surface area contributed by atoms with Crippen LogP contribution in [0.5, 0.6) is 0 Å². The Labute approximate surface area is 96.4 Å². The normalized spacial score (nSPS) is 20.5. The summed E-state index contributed by atoms with van der Waals surface area (Å²) < 4.78 is 0. The van der Waals surface area contributed by atoms with Crippen LogP contribution < -0.4 is 5.32 Å². The third-order valence-electron chi connectivity index (χ3n) is 2.99. The summed E-state index contributed by atoms with van der Waals surface area (Å²) >= 11 is 0. The van der Waals surface area contributed by atoms with E-state index in [2.05, 4.69) is 12.2 Å². The molecule has 2 rings (SSSR count). The lowest BCUT2D eigenvalue weighted by molar-refractivity contribution is -0.119. The molecular formula is C14H17NO. The molecule has 0 spiro atoms. The second kappa shape index (κ2) is 4.52. The average molecular weight is 215 g/mol. The number of Topliss-reactive ketones (excluding diaryl/α,β-unsaturated/α-hetero) is 1. The summed E-state index contributed by atoms with van der Waals surface area (Å²) in [5.74, 6) is 0.379.